The van der Waals surface area contributed by atoms with E-state index in [-0.39, 0.29) is 21.0 Å². The summed E-state index contributed by atoms with van der Waals surface area (Å²) in [7, 11) is -1.74. The number of thioether (sulfide) groups is 1. The lowest BCUT2D eigenvalue weighted by molar-refractivity contribution is -0.134. The van der Waals surface area contributed by atoms with Crippen molar-refractivity contribution >= 4 is 50.1 Å². The number of imidazole rings is 1. The summed E-state index contributed by atoms with van der Waals surface area (Å²) in [4.78, 5) is 30.8. The van der Waals surface area contributed by atoms with Gasteiger partial charge in [-0.2, -0.15) is 0 Å². The molecule has 0 radical (unpaired) electrons. The molecule has 1 aliphatic rings. The smallest absolute Gasteiger partial charge is 0.329 e. The zero-order valence-electron chi connectivity index (χ0n) is 17.9. The third kappa shape index (κ3) is 3.72. The average molecular weight is 474 g/mol. The zero-order chi connectivity index (χ0) is 23.1. The highest BCUT2D eigenvalue weighted by atomic mass is 32.2. The molecule has 2 aromatic carbocycles. The van der Waals surface area contributed by atoms with E-state index in [1.54, 1.807) is 18.2 Å². The van der Waals surface area contributed by atoms with Crippen molar-refractivity contribution in [2.75, 3.05) is 18.6 Å². The van der Waals surface area contributed by atoms with Crippen molar-refractivity contribution in [2.24, 2.45) is 12.8 Å². The Kier molecular flexibility index (Phi) is 5.87. The summed E-state index contributed by atoms with van der Waals surface area (Å²) >= 11 is 1.27. The minimum Gasteiger partial charge on any atom is -0.364 e. The quantitative estimate of drug-likeness (QED) is 0.434. The largest absolute Gasteiger partial charge is 0.364 e. The average Bonchev–Trinajstić information content (AvgIpc) is 3.34. The normalized spacial score (nSPS) is 21.1. The molecule has 2 atom stereocenters. The number of quaternary nitrogens is 1. The maximum atomic E-state index is 13.8. The topological polar surface area (TPSA) is 112 Å². The first-order valence-corrected chi connectivity index (χ1v) is 13.1. The number of aromatic nitrogens is 2. The van der Waals surface area contributed by atoms with E-state index in [1.807, 2.05) is 35.9 Å². The molecule has 2 heterocycles. The second-order valence-corrected chi connectivity index (χ2v) is 10.9. The highest BCUT2D eigenvalue weighted by Gasteiger charge is 2.54. The Morgan fingerprint density at radius 2 is 1.88 bits per heavy atom. The van der Waals surface area contributed by atoms with Gasteiger partial charge in [0.15, 0.2) is 26.7 Å². The fraction of sp³-hybridized carbons (Fsp3) is 0.318. The number of para-hydroxylation sites is 3. The molecule has 168 valence electrons. The molecule has 1 aromatic heterocycles. The van der Waals surface area contributed by atoms with Crippen LogP contribution in [0.4, 0.5) is 5.69 Å². The van der Waals surface area contributed by atoms with E-state index in [1.165, 1.54) is 17.8 Å². The second-order valence-electron chi connectivity index (χ2n) is 8.02. The molecule has 1 unspecified atom stereocenters. The van der Waals surface area contributed by atoms with E-state index in [9.17, 15) is 18.0 Å². The molecule has 1 fully saturated rings. The number of benzene rings is 2. The Morgan fingerprint density at radius 3 is 2.56 bits per heavy atom. The molecule has 4 rings (SSSR count). The van der Waals surface area contributed by atoms with Crippen molar-refractivity contribution in [2.45, 2.75) is 28.9 Å². The standard InChI is InChI=1S/C22H24N4O4S2/c1-25-16-9-4-3-8-15(16)24-22(25)31-14-20(27)26(13-7-11-18(26)21(23)28)17-10-5-6-12-19(17)32(2,29)30/h3-6,8-10,12,18H,7,11,13-14H2,1-2H3,(H-,23,28)/p+1/t18-,26?/m0/s1. The predicted molar refractivity (Wildman–Crippen MR) is 125 cm³/mol. The fourth-order valence-electron chi connectivity index (χ4n) is 4.59. The number of fused-ring (bicyclic) bond motifs is 1. The summed E-state index contributed by atoms with van der Waals surface area (Å²) in [6, 6.07) is 13.3. The molecular formula is C22H25N4O4S2+. The zero-order valence-corrected chi connectivity index (χ0v) is 19.5. The van der Waals surface area contributed by atoms with Crippen LogP contribution in [0.15, 0.2) is 58.6 Å². The molecule has 2 N–H and O–H groups in total. The van der Waals surface area contributed by atoms with Gasteiger partial charge in [-0.05, 0) is 18.2 Å². The van der Waals surface area contributed by atoms with E-state index in [4.69, 9.17) is 5.73 Å². The number of nitrogens with zero attached hydrogens (tertiary/aromatic N) is 3. The Hall–Kier alpha value is -2.69. The molecule has 32 heavy (non-hydrogen) atoms. The van der Waals surface area contributed by atoms with E-state index < -0.39 is 21.8 Å². The van der Waals surface area contributed by atoms with Crippen LogP contribution in [-0.2, 0) is 26.5 Å². The summed E-state index contributed by atoms with van der Waals surface area (Å²) in [6.45, 7) is 0.322. The third-order valence-corrected chi connectivity index (χ3v) is 8.22. The number of nitrogens with two attached hydrogens (primary N) is 1. The molecular weight excluding hydrogens is 448 g/mol. The molecule has 3 aromatic rings. The Labute approximate surface area is 190 Å². The van der Waals surface area contributed by atoms with Crippen molar-refractivity contribution in [1.29, 1.82) is 0 Å². The number of likely N-dealkylation sites (tertiary alicyclic amines) is 1. The molecule has 0 saturated carbocycles. The summed E-state index contributed by atoms with van der Waals surface area (Å²) in [5, 5.41) is 0.670. The second kappa shape index (κ2) is 8.34. The first-order chi connectivity index (χ1) is 15.2. The number of amides is 2. The van der Waals surface area contributed by atoms with Crippen LogP contribution in [0.2, 0.25) is 0 Å². The molecule has 0 aliphatic carbocycles. The minimum absolute atomic E-state index is 0.0268. The van der Waals surface area contributed by atoms with Gasteiger partial charge in [0, 0.05) is 32.2 Å². The van der Waals surface area contributed by atoms with E-state index >= 15 is 0 Å². The van der Waals surface area contributed by atoms with Crippen molar-refractivity contribution in [3.05, 3.63) is 48.5 Å². The van der Waals surface area contributed by atoms with Gasteiger partial charge in [-0.25, -0.2) is 22.7 Å². The van der Waals surface area contributed by atoms with Crippen molar-refractivity contribution in [3.8, 4) is 0 Å². The van der Waals surface area contributed by atoms with E-state index in [0.29, 0.717) is 30.2 Å². The molecule has 2 amide bonds. The maximum Gasteiger partial charge on any atom is 0.329 e. The molecule has 8 nitrogen and oxygen atoms in total. The molecule has 0 spiro atoms. The Morgan fingerprint density at radius 1 is 1.19 bits per heavy atom. The van der Waals surface area contributed by atoms with Crippen molar-refractivity contribution < 1.29 is 18.0 Å². The summed E-state index contributed by atoms with van der Waals surface area (Å²) in [5.74, 6) is -0.842. The lowest BCUT2D eigenvalue weighted by Gasteiger charge is -2.36. The van der Waals surface area contributed by atoms with Crippen LogP contribution in [0, 0.1) is 0 Å². The summed E-state index contributed by atoms with van der Waals surface area (Å²) < 4.78 is 26.6. The Balaban J connectivity index is 1.76. The number of carbonyl (C=O) groups excluding carboxylic acids is 2. The van der Waals surface area contributed by atoms with E-state index in [2.05, 4.69) is 4.98 Å². The number of hydrogen-bond acceptors (Lipinski definition) is 6. The van der Waals surface area contributed by atoms with Crippen molar-refractivity contribution in [1.82, 2.24) is 14.0 Å². The maximum absolute atomic E-state index is 13.8. The molecule has 0 bridgehead atoms. The lowest BCUT2D eigenvalue weighted by atomic mass is 10.1. The van der Waals surface area contributed by atoms with Crippen LogP contribution in [0.25, 0.3) is 11.0 Å². The van der Waals surface area contributed by atoms with Crippen LogP contribution in [0.5, 0.6) is 0 Å². The minimum atomic E-state index is -3.63. The SMILES string of the molecule is Cn1c(SCC(=O)[N+]2(c3ccccc3S(C)(=O)=O)CCC[C@H]2C(N)=O)nc2ccccc21. The van der Waals surface area contributed by atoms with Crippen LogP contribution < -0.4 is 10.2 Å². The van der Waals surface area contributed by atoms with Gasteiger partial charge in [0.25, 0.3) is 5.91 Å². The fourth-order valence-corrected chi connectivity index (χ4v) is 6.46. The first-order valence-electron chi connectivity index (χ1n) is 10.2. The Bertz CT molecular complexity index is 1320. The predicted octanol–water partition coefficient (Wildman–Crippen LogP) is 2.25. The van der Waals surface area contributed by atoms with Gasteiger partial charge in [0.2, 0.25) is 0 Å². The van der Waals surface area contributed by atoms with Gasteiger partial charge in [-0.1, -0.05) is 36.0 Å². The van der Waals surface area contributed by atoms with Crippen LogP contribution in [-0.4, -0.2) is 54.4 Å². The number of primary amides is 1. The van der Waals surface area contributed by atoms with Gasteiger partial charge >= 0.3 is 5.91 Å². The number of rotatable bonds is 6. The lowest BCUT2D eigenvalue weighted by Crippen LogP contribution is -2.62. The molecule has 1 saturated heterocycles. The van der Waals surface area contributed by atoms with Crippen molar-refractivity contribution in [3.63, 3.8) is 0 Å². The number of carbonyl (C=O) groups is 2. The highest BCUT2D eigenvalue weighted by Crippen LogP contribution is 2.40. The summed E-state index contributed by atoms with van der Waals surface area (Å²) in [5.41, 5.74) is 7.80. The van der Waals surface area contributed by atoms with Gasteiger partial charge in [-0.3, -0.25) is 4.79 Å². The molecule has 10 heteroatoms. The van der Waals surface area contributed by atoms with Crippen LogP contribution in [0.1, 0.15) is 12.8 Å². The molecule has 1 aliphatic heterocycles. The van der Waals surface area contributed by atoms with Crippen LogP contribution in [0.3, 0.4) is 0 Å². The number of hydrogen-bond donors (Lipinski definition) is 1. The number of aryl methyl sites for hydroxylation is 1. The van der Waals surface area contributed by atoms with Gasteiger partial charge in [0.1, 0.15) is 10.6 Å². The summed E-state index contributed by atoms with van der Waals surface area (Å²) in [6.07, 6.45) is 2.13. The third-order valence-electron chi connectivity index (χ3n) is 6.06. The van der Waals surface area contributed by atoms with Crippen LogP contribution >= 0.6 is 11.8 Å². The first kappa shape index (κ1) is 22.5. The number of sulfone groups is 1. The van der Waals surface area contributed by atoms with Gasteiger partial charge in [-0.15, -0.1) is 0 Å². The highest BCUT2D eigenvalue weighted by molar-refractivity contribution is 7.99. The monoisotopic (exact) mass is 473 g/mol. The van der Waals surface area contributed by atoms with Gasteiger partial charge < -0.3 is 10.3 Å². The van der Waals surface area contributed by atoms with Gasteiger partial charge in [0.05, 0.1) is 17.6 Å². The van der Waals surface area contributed by atoms with E-state index in [0.717, 1.165) is 17.3 Å².